The Bertz CT molecular complexity index is 622. The zero-order valence-corrected chi connectivity index (χ0v) is 15.1. The number of likely N-dealkylation sites (tertiary alicyclic amines) is 1. The van der Waals surface area contributed by atoms with Crippen molar-refractivity contribution in [1.82, 2.24) is 9.80 Å². The van der Waals surface area contributed by atoms with Crippen molar-refractivity contribution < 1.29 is 9.59 Å². The third kappa shape index (κ3) is 3.75. The van der Waals surface area contributed by atoms with E-state index < -0.39 is 0 Å². The summed E-state index contributed by atoms with van der Waals surface area (Å²) in [6.07, 6.45) is 3.61. The lowest BCUT2D eigenvalue weighted by molar-refractivity contribution is -0.141. The van der Waals surface area contributed by atoms with Gasteiger partial charge in [-0.25, -0.2) is 0 Å². The van der Waals surface area contributed by atoms with Crippen molar-refractivity contribution in [2.75, 3.05) is 20.1 Å². The van der Waals surface area contributed by atoms with E-state index in [1.54, 1.807) is 0 Å². The van der Waals surface area contributed by atoms with E-state index in [4.69, 9.17) is 11.6 Å². The number of hydrogen-bond donors (Lipinski definition) is 0. The van der Waals surface area contributed by atoms with Crippen molar-refractivity contribution in [2.45, 2.75) is 38.6 Å². The van der Waals surface area contributed by atoms with Gasteiger partial charge in [-0.1, -0.05) is 23.7 Å². The minimum atomic E-state index is -0.0117. The Hall–Kier alpha value is -1.55. The minimum absolute atomic E-state index is 0.0117. The molecule has 1 saturated carbocycles. The maximum absolute atomic E-state index is 12.8. The fourth-order valence-electron chi connectivity index (χ4n) is 3.40. The van der Waals surface area contributed by atoms with Crippen LogP contribution in [0.2, 0.25) is 5.02 Å². The molecule has 24 heavy (non-hydrogen) atoms. The van der Waals surface area contributed by atoms with Crippen molar-refractivity contribution in [3.8, 4) is 0 Å². The van der Waals surface area contributed by atoms with Crippen LogP contribution in [0.4, 0.5) is 0 Å². The summed E-state index contributed by atoms with van der Waals surface area (Å²) in [5.74, 6) is 0.741. The fraction of sp³-hybridized carbons (Fsp3) is 0.579. The number of carbonyl (C=O) groups is 2. The van der Waals surface area contributed by atoms with Crippen LogP contribution in [0.15, 0.2) is 24.3 Å². The number of halogens is 1. The standard InChI is InChI=1S/C19H25ClN2O2/c1-13(16-4-3-5-17(20)12-16)21(2)18(23)15-8-10-22(11-9-15)19(24)14-6-7-14/h3-5,12-15H,6-11H2,1-2H3. The fourth-order valence-corrected chi connectivity index (χ4v) is 3.60. The molecule has 1 saturated heterocycles. The van der Waals surface area contributed by atoms with Crippen LogP contribution in [0.3, 0.4) is 0 Å². The summed E-state index contributed by atoms with van der Waals surface area (Å²) in [5.41, 5.74) is 1.04. The van der Waals surface area contributed by atoms with Gasteiger partial charge in [0.15, 0.2) is 0 Å². The highest BCUT2D eigenvalue weighted by Gasteiger charge is 2.36. The maximum atomic E-state index is 12.8. The lowest BCUT2D eigenvalue weighted by Gasteiger charge is -2.35. The lowest BCUT2D eigenvalue weighted by atomic mass is 9.94. The van der Waals surface area contributed by atoms with Crippen LogP contribution in [0, 0.1) is 11.8 Å². The zero-order valence-electron chi connectivity index (χ0n) is 14.4. The summed E-state index contributed by atoms with van der Waals surface area (Å²) in [7, 11) is 1.86. The van der Waals surface area contributed by atoms with Crippen LogP contribution in [0.5, 0.6) is 0 Å². The Morgan fingerprint density at radius 1 is 1.17 bits per heavy atom. The number of nitrogens with zero attached hydrogens (tertiary/aromatic N) is 2. The van der Waals surface area contributed by atoms with Crippen molar-refractivity contribution in [2.24, 2.45) is 11.8 Å². The molecule has 1 aromatic carbocycles. The smallest absolute Gasteiger partial charge is 0.226 e. The molecule has 0 aromatic heterocycles. The van der Waals surface area contributed by atoms with E-state index in [2.05, 4.69) is 0 Å². The molecular weight excluding hydrogens is 324 g/mol. The summed E-state index contributed by atoms with van der Waals surface area (Å²) >= 11 is 6.06. The topological polar surface area (TPSA) is 40.6 Å². The first kappa shape index (κ1) is 17.3. The van der Waals surface area contributed by atoms with Gasteiger partial charge >= 0.3 is 0 Å². The number of piperidine rings is 1. The van der Waals surface area contributed by atoms with Crippen LogP contribution in [-0.4, -0.2) is 41.8 Å². The molecule has 1 heterocycles. The van der Waals surface area contributed by atoms with Crippen LogP contribution < -0.4 is 0 Å². The quantitative estimate of drug-likeness (QED) is 0.835. The van der Waals surface area contributed by atoms with E-state index >= 15 is 0 Å². The van der Waals surface area contributed by atoms with Crippen LogP contribution in [0.1, 0.15) is 44.2 Å². The van der Waals surface area contributed by atoms with Gasteiger partial charge in [0.1, 0.15) is 0 Å². The SMILES string of the molecule is CC(c1cccc(Cl)c1)N(C)C(=O)C1CCN(C(=O)C2CC2)CC1. The molecule has 1 aliphatic carbocycles. The van der Waals surface area contributed by atoms with E-state index in [1.807, 2.05) is 48.0 Å². The summed E-state index contributed by atoms with van der Waals surface area (Å²) in [6, 6.07) is 7.65. The predicted molar refractivity (Wildman–Crippen MR) is 94.7 cm³/mol. The number of carbonyl (C=O) groups excluding carboxylic acids is 2. The molecular formula is C19H25ClN2O2. The first-order valence-electron chi connectivity index (χ1n) is 8.78. The largest absolute Gasteiger partial charge is 0.342 e. The van der Waals surface area contributed by atoms with E-state index in [1.165, 1.54) is 0 Å². The van der Waals surface area contributed by atoms with Gasteiger partial charge in [0.2, 0.25) is 11.8 Å². The first-order valence-corrected chi connectivity index (χ1v) is 9.16. The molecule has 3 rings (SSSR count). The van der Waals surface area contributed by atoms with Crippen LogP contribution in [-0.2, 0) is 9.59 Å². The molecule has 2 aliphatic rings. The Labute approximate surface area is 148 Å². The van der Waals surface area contributed by atoms with Gasteiger partial charge < -0.3 is 9.80 Å². The van der Waals surface area contributed by atoms with E-state index in [0.29, 0.717) is 24.0 Å². The van der Waals surface area contributed by atoms with Gasteiger partial charge in [0, 0.05) is 37.0 Å². The van der Waals surface area contributed by atoms with Crippen molar-refractivity contribution in [1.29, 1.82) is 0 Å². The monoisotopic (exact) mass is 348 g/mol. The minimum Gasteiger partial charge on any atom is -0.342 e. The molecule has 1 unspecified atom stereocenters. The van der Waals surface area contributed by atoms with Gasteiger partial charge in [-0.15, -0.1) is 0 Å². The molecule has 5 heteroatoms. The molecule has 2 fully saturated rings. The van der Waals surface area contributed by atoms with Crippen molar-refractivity contribution in [3.63, 3.8) is 0 Å². The number of rotatable bonds is 4. The number of hydrogen-bond acceptors (Lipinski definition) is 2. The normalized spacial score (nSPS) is 19.9. The van der Waals surface area contributed by atoms with Gasteiger partial charge in [-0.05, 0) is 50.3 Å². The Balaban J connectivity index is 1.57. The molecule has 0 N–H and O–H groups in total. The molecule has 1 aliphatic heterocycles. The van der Waals surface area contributed by atoms with Crippen molar-refractivity contribution >= 4 is 23.4 Å². The second kappa shape index (κ2) is 7.14. The Kier molecular flexibility index (Phi) is 5.14. The van der Waals surface area contributed by atoms with E-state index in [9.17, 15) is 9.59 Å². The highest BCUT2D eigenvalue weighted by Crippen LogP contribution is 2.33. The second-order valence-corrected chi connectivity index (χ2v) is 7.49. The van der Waals surface area contributed by atoms with Crippen molar-refractivity contribution in [3.05, 3.63) is 34.9 Å². The average Bonchev–Trinajstić information content (AvgIpc) is 3.44. The number of benzene rings is 1. The molecule has 4 nitrogen and oxygen atoms in total. The molecule has 0 bridgehead atoms. The van der Waals surface area contributed by atoms with E-state index in [-0.39, 0.29) is 23.8 Å². The van der Waals surface area contributed by atoms with E-state index in [0.717, 1.165) is 31.2 Å². The molecule has 130 valence electrons. The Morgan fingerprint density at radius 2 is 1.83 bits per heavy atom. The second-order valence-electron chi connectivity index (χ2n) is 7.05. The third-order valence-corrected chi connectivity index (χ3v) is 5.58. The molecule has 1 atom stereocenters. The van der Waals surface area contributed by atoms with Crippen LogP contribution in [0.25, 0.3) is 0 Å². The lowest BCUT2D eigenvalue weighted by Crippen LogP contribution is -2.44. The van der Waals surface area contributed by atoms with Crippen LogP contribution >= 0.6 is 11.6 Å². The summed E-state index contributed by atoms with van der Waals surface area (Å²) in [4.78, 5) is 28.7. The highest BCUT2D eigenvalue weighted by molar-refractivity contribution is 6.30. The zero-order chi connectivity index (χ0) is 17.3. The molecule has 0 radical (unpaired) electrons. The van der Waals surface area contributed by atoms with Gasteiger partial charge in [0.25, 0.3) is 0 Å². The molecule has 0 spiro atoms. The van der Waals surface area contributed by atoms with Gasteiger partial charge in [0.05, 0.1) is 6.04 Å². The summed E-state index contributed by atoms with van der Waals surface area (Å²) in [5, 5.41) is 0.687. The summed E-state index contributed by atoms with van der Waals surface area (Å²) in [6.45, 7) is 3.45. The first-order chi connectivity index (χ1) is 11.5. The van der Waals surface area contributed by atoms with Gasteiger partial charge in [-0.2, -0.15) is 0 Å². The maximum Gasteiger partial charge on any atom is 0.226 e. The molecule has 2 amide bonds. The molecule has 1 aromatic rings. The highest BCUT2D eigenvalue weighted by atomic mass is 35.5. The summed E-state index contributed by atoms with van der Waals surface area (Å²) < 4.78 is 0. The van der Waals surface area contributed by atoms with Gasteiger partial charge in [-0.3, -0.25) is 9.59 Å². The predicted octanol–water partition coefficient (Wildman–Crippen LogP) is 3.51. The third-order valence-electron chi connectivity index (χ3n) is 5.34. The number of amides is 2. The Morgan fingerprint density at radius 3 is 2.42 bits per heavy atom. The average molecular weight is 349 g/mol.